The number of nitrogens with one attached hydrogen (secondary N) is 2. The molecule has 25 heavy (non-hydrogen) atoms. The van der Waals surface area contributed by atoms with Crippen LogP contribution >= 0.6 is 11.8 Å². The highest BCUT2D eigenvalue weighted by molar-refractivity contribution is 8.00. The summed E-state index contributed by atoms with van der Waals surface area (Å²) in [7, 11) is 0. The van der Waals surface area contributed by atoms with Gasteiger partial charge in [0, 0.05) is 23.5 Å². The molecule has 1 aromatic carbocycles. The van der Waals surface area contributed by atoms with Gasteiger partial charge in [0.25, 0.3) is 0 Å². The largest absolute Gasteiger partial charge is 0.460 e. The lowest BCUT2D eigenvalue weighted by Gasteiger charge is -2.19. The van der Waals surface area contributed by atoms with E-state index in [1.165, 1.54) is 24.3 Å². The van der Waals surface area contributed by atoms with E-state index in [-0.39, 0.29) is 35.6 Å². The van der Waals surface area contributed by atoms with Crippen LogP contribution in [0.25, 0.3) is 0 Å². The second-order valence-corrected chi connectivity index (χ2v) is 7.28. The lowest BCUT2D eigenvalue weighted by Crippen LogP contribution is -2.30. The number of amides is 2. The smallest absolute Gasteiger partial charge is 0.446 e. The third-order valence-corrected chi connectivity index (χ3v) is 3.35. The highest BCUT2D eigenvalue weighted by Gasteiger charge is 2.29. The lowest BCUT2D eigenvalue weighted by molar-refractivity contribution is -0.154. The highest BCUT2D eigenvalue weighted by atomic mass is 32.2. The predicted octanol–water partition coefficient (Wildman–Crippen LogP) is 4.54. The highest BCUT2D eigenvalue weighted by Crippen LogP contribution is 2.36. The molecule has 2 N–H and O–H groups in total. The third-order valence-electron chi connectivity index (χ3n) is 2.61. The first kappa shape index (κ1) is 21.1. The Kier molecular flexibility index (Phi) is 7.60. The molecule has 0 aliphatic carbocycles. The van der Waals surface area contributed by atoms with Crippen LogP contribution in [0.2, 0.25) is 0 Å². The topological polar surface area (TPSA) is 67.4 Å². The number of ether oxygens (including phenoxy) is 1. The van der Waals surface area contributed by atoms with Crippen LogP contribution in [0.5, 0.6) is 0 Å². The molecule has 5 nitrogen and oxygen atoms in total. The number of benzene rings is 1. The molecule has 0 bridgehead atoms. The van der Waals surface area contributed by atoms with Crippen molar-refractivity contribution in [3.63, 3.8) is 0 Å². The molecule has 140 valence electrons. The fraction of sp³-hybridized carbons (Fsp3) is 0.500. The molecule has 0 saturated heterocycles. The monoisotopic (exact) mass is 378 g/mol. The molecule has 9 heteroatoms. The SMILES string of the molecule is CC(C)(C)OC(=O)CCCNC(=O)Nc1ccc(SC(F)(F)F)cc1. The fourth-order valence-electron chi connectivity index (χ4n) is 1.74. The van der Waals surface area contributed by atoms with Gasteiger partial charge in [0.15, 0.2) is 0 Å². The number of carbonyl (C=O) groups excluding carboxylic acids is 2. The van der Waals surface area contributed by atoms with E-state index in [0.717, 1.165) is 0 Å². The molecular formula is C16H21F3N2O3S. The van der Waals surface area contributed by atoms with Crippen molar-refractivity contribution >= 4 is 29.4 Å². The average Bonchev–Trinajstić information content (AvgIpc) is 2.42. The average molecular weight is 378 g/mol. The van der Waals surface area contributed by atoms with Crippen molar-refractivity contribution in [1.82, 2.24) is 5.32 Å². The molecule has 0 aliphatic heterocycles. The van der Waals surface area contributed by atoms with Crippen molar-refractivity contribution in [1.29, 1.82) is 0 Å². The number of hydrogen-bond donors (Lipinski definition) is 2. The van der Waals surface area contributed by atoms with Gasteiger partial charge in [-0.3, -0.25) is 4.79 Å². The van der Waals surface area contributed by atoms with Gasteiger partial charge >= 0.3 is 17.5 Å². The number of rotatable bonds is 6. The van der Waals surface area contributed by atoms with Gasteiger partial charge in [-0.2, -0.15) is 13.2 Å². The maximum atomic E-state index is 12.2. The molecule has 0 saturated carbocycles. The molecule has 0 fully saturated rings. The molecule has 0 aromatic heterocycles. The summed E-state index contributed by atoms with van der Waals surface area (Å²) in [6.45, 7) is 5.59. The summed E-state index contributed by atoms with van der Waals surface area (Å²) in [5.41, 5.74) is -4.52. The van der Waals surface area contributed by atoms with Gasteiger partial charge in [0.1, 0.15) is 5.60 Å². The minimum Gasteiger partial charge on any atom is -0.460 e. The standard InChI is InChI=1S/C16H21F3N2O3S/c1-15(2,3)24-13(22)5-4-10-20-14(23)21-11-6-8-12(9-7-11)25-16(17,18)19/h6-9H,4-5,10H2,1-3H3,(H2,20,21,23). The van der Waals surface area contributed by atoms with Crippen molar-refractivity contribution in [2.24, 2.45) is 0 Å². The second kappa shape index (κ2) is 8.98. The Labute approximate surface area is 148 Å². The van der Waals surface area contributed by atoms with Gasteiger partial charge in [-0.15, -0.1) is 0 Å². The van der Waals surface area contributed by atoms with Crippen LogP contribution in [0.1, 0.15) is 33.6 Å². The first-order chi connectivity index (χ1) is 11.4. The van der Waals surface area contributed by atoms with Gasteiger partial charge in [0.2, 0.25) is 0 Å². The molecular weight excluding hydrogens is 357 g/mol. The van der Waals surface area contributed by atoms with Crippen LogP contribution in [0, 0.1) is 0 Å². The molecule has 0 aliphatic rings. The Morgan fingerprint density at radius 3 is 2.24 bits per heavy atom. The number of thioether (sulfide) groups is 1. The van der Waals surface area contributed by atoms with Crippen molar-refractivity contribution in [2.45, 2.75) is 49.6 Å². The van der Waals surface area contributed by atoms with E-state index in [4.69, 9.17) is 4.74 Å². The Morgan fingerprint density at radius 1 is 1.12 bits per heavy atom. The van der Waals surface area contributed by atoms with Crippen molar-refractivity contribution in [2.75, 3.05) is 11.9 Å². The summed E-state index contributed by atoms with van der Waals surface area (Å²) in [6, 6.07) is 4.82. The number of hydrogen-bond acceptors (Lipinski definition) is 4. The van der Waals surface area contributed by atoms with Gasteiger partial charge in [-0.1, -0.05) is 0 Å². The predicted molar refractivity (Wildman–Crippen MR) is 90.5 cm³/mol. The summed E-state index contributed by atoms with van der Waals surface area (Å²) in [5, 5.41) is 5.06. The number of anilines is 1. The molecule has 0 atom stereocenters. The van der Waals surface area contributed by atoms with Crippen LogP contribution in [-0.4, -0.2) is 29.7 Å². The van der Waals surface area contributed by atoms with Gasteiger partial charge < -0.3 is 15.4 Å². The molecule has 0 unspecified atom stereocenters. The molecule has 0 radical (unpaired) electrons. The second-order valence-electron chi connectivity index (χ2n) is 6.14. The van der Waals surface area contributed by atoms with Crippen molar-refractivity contribution < 1.29 is 27.5 Å². The maximum Gasteiger partial charge on any atom is 0.446 e. The normalized spacial score (nSPS) is 11.8. The zero-order chi connectivity index (χ0) is 19.1. The Balaban J connectivity index is 2.29. The van der Waals surface area contributed by atoms with E-state index in [1.54, 1.807) is 20.8 Å². The first-order valence-electron chi connectivity index (χ1n) is 7.57. The summed E-state index contributed by atoms with van der Waals surface area (Å²) in [6.07, 6.45) is 0.602. The summed E-state index contributed by atoms with van der Waals surface area (Å²) in [5.74, 6) is -0.340. The van der Waals surface area contributed by atoms with Gasteiger partial charge in [-0.25, -0.2) is 4.79 Å². The van der Waals surface area contributed by atoms with Crippen LogP contribution < -0.4 is 10.6 Å². The quantitative estimate of drug-likeness (QED) is 0.433. The van der Waals surface area contributed by atoms with Gasteiger partial charge in [0.05, 0.1) is 0 Å². The maximum absolute atomic E-state index is 12.2. The summed E-state index contributed by atoms with van der Waals surface area (Å²) in [4.78, 5) is 23.2. The number of halogens is 3. The van der Waals surface area contributed by atoms with E-state index in [1.807, 2.05) is 0 Å². The fourth-order valence-corrected chi connectivity index (χ4v) is 2.28. The van der Waals surface area contributed by atoms with Crippen LogP contribution in [0.4, 0.5) is 23.7 Å². The van der Waals surface area contributed by atoms with Crippen LogP contribution in [0.15, 0.2) is 29.2 Å². The number of esters is 1. The van der Waals surface area contributed by atoms with E-state index in [9.17, 15) is 22.8 Å². The van der Waals surface area contributed by atoms with Crippen LogP contribution in [-0.2, 0) is 9.53 Å². The minimum absolute atomic E-state index is 0.0378. The summed E-state index contributed by atoms with van der Waals surface area (Å²) >= 11 is -0.221. The summed E-state index contributed by atoms with van der Waals surface area (Å²) < 4.78 is 41.8. The Morgan fingerprint density at radius 2 is 1.72 bits per heavy atom. The van der Waals surface area contributed by atoms with E-state index < -0.39 is 17.1 Å². The molecule has 0 heterocycles. The van der Waals surface area contributed by atoms with E-state index in [2.05, 4.69) is 10.6 Å². The van der Waals surface area contributed by atoms with E-state index >= 15 is 0 Å². The minimum atomic E-state index is -4.35. The van der Waals surface area contributed by atoms with E-state index in [0.29, 0.717) is 12.1 Å². The number of alkyl halides is 3. The molecule has 2 amide bonds. The van der Waals surface area contributed by atoms with Gasteiger partial charge in [-0.05, 0) is 63.2 Å². The number of carbonyl (C=O) groups is 2. The zero-order valence-electron chi connectivity index (χ0n) is 14.2. The molecule has 1 aromatic rings. The lowest BCUT2D eigenvalue weighted by atomic mass is 10.2. The first-order valence-corrected chi connectivity index (χ1v) is 8.39. The van der Waals surface area contributed by atoms with Crippen LogP contribution in [0.3, 0.4) is 0 Å². The zero-order valence-corrected chi connectivity index (χ0v) is 15.0. The molecule has 1 rings (SSSR count). The number of urea groups is 1. The third kappa shape index (κ3) is 10.5. The Hall–Kier alpha value is -1.90. The van der Waals surface area contributed by atoms with Crippen molar-refractivity contribution in [3.05, 3.63) is 24.3 Å². The Bertz CT molecular complexity index is 584. The molecule has 0 spiro atoms. The van der Waals surface area contributed by atoms with Crippen molar-refractivity contribution in [3.8, 4) is 0 Å².